The van der Waals surface area contributed by atoms with Crippen molar-refractivity contribution in [1.29, 1.82) is 0 Å². The number of carbonyl (C=O) groups is 1. The van der Waals surface area contributed by atoms with Crippen LogP contribution in [0.1, 0.15) is 12.0 Å². The Balaban J connectivity index is 1.73. The van der Waals surface area contributed by atoms with Crippen LogP contribution < -0.4 is 9.47 Å². The standard InChI is InChI=1S/C20H17Cl5O4/c21-14-4-2-13(3-5-14)10-19(26)28-7-1-8-29-20-16(22)11-15(12-17(20)23)27-9-6-18(24)25/h2-6,11-12H,1,7-10H2. The predicted molar refractivity (Wildman–Crippen MR) is 118 cm³/mol. The lowest BCUT2D eigenvalue weighted by molar-refractivity contribution is -0.143. The second-order valence-corrected chi connectivity index (χ2v) is 8.01. The van der Waals surface area contributed by atoms with E-state index in [2.05, 4.69) is 0 Å². The second-order valence-electron chi connectivity index (χ2n) is 5.75. The molecule has 0 spiro atoms. The molecule has 0 amide bonds. The average Bonchev–Trinajstić information content (AvgIpc) is 2.65. The summed E-state index contributed by atoms with van der Waals surface area (Å²) in [6.45, 7) is 0.670. The zero-order valence-corrected chi connectivity index (χ0v) is 18.9. The molecule has 156 valence electrons. The van der Waals surface area contributed by atoms with Crippen LogP contribution in [0.4, 0.5) is 0 Å². The van der Waals surface area contributed by atoms with Crippen LogP contribution in [0.15, 0.2) is 47.0 Å². The Hall–Kier alpha value is -1.30. The maximum Gasteiger partial charge on any atom is 0.310 e. The van der Waals surface area contributed by atoms with Gasteiger partial charge in [0, 0.05) is 23.6 Å². The van der Waals surface area contributed by atoms with Gasteiger partial charge in [-0.15, -0.1) is 0 Å². The van der Waals surface area contributed by atoms with Crippen molar-refractivity contribution >= 4 is 64.0 Å². The third kappa shape index (κ3) is 8.93. The highest BCUT2D eigenvalue weighted by molar-refractivity contribution is 6.55. The molecular weight excluding hydrogens is 481 g/mol. The maximum atomic E-state index is 11.8. The lowest BCUT2D eigenvalue weighted by atomic mass is 10.1. The summed E-state index contributed by atoms with van der Waals surface area (Å²) < 4.78 is 16.3. The fourth-order valence-corrected chi connectivity index (χ4v) is 3.03. The second kappa shape index (κ2) is 12.4. The van der Waals surface area contributed by atoms with Gasteiger partial charge in [0.1, 0.15) is 16.8 Å². The zero-order valence-electron chi connectivity index (χ0n) is 15.1. The first-order valence-corrected chi connectivity index (χ1v) is 10.4. The van der Waals surface area contributed by atoms with Crippen molar-refractivity contribution in [3.63, 3.8) is 0 Å². The smallest absolute Gasteiger partial charge is 0.310 e. The highest BCUT2D eigenvalue weighted by atomic mass is 35.5. The van der Waals surface area contributed by atoms with E-state index in [0.717, 1.165) is 5.56 Å². The SMILES string of the molecule is O=C(Cc1ccc(Cl)cc1)OCCCOc1c(Cl)cc(OCC=C(Cl)Cl)cc1Cl. The van der Waals surface area contributed by atoms with E-state index in [-0.39, 0.29) is 36.7 Å². The minimum Gasteiger partial charge on any atom is -0.490 e. The number of halogens is 5. The fraction of sp³-hybridized carbons (Fsp3) is 0.250. The van der Waals surface area contributed by atoms with Crippen molar-refractivity contribution in [3.05, 3.63) is 67.6 Å². The fourth-order valence-electron chi connectivity index (χ4n) is 2.20. The molecule has 0 fully saturated rings. The quantitative estimate of drug-likeness (QED) is 0.264. The third-order valence-corrected chi connectivity index (χ3v) is 4.64. The van der Waals surface area contributed by atoms with Crippen LogP contribution in [-0.4, -0.2) is 25.8 Å². The molecule has 0 bridgehead atoms. The van der Waals surface area contributed by atoms with Gasteiger partial charge in [-0.3, -0.25) is 4.79 Å². The molecule has 9 heteroatoms. The predicted octanol–water partition coefficient (Wildman–Crippen LogP) is 6.90. The van der Waals surface area contributed by atoms with Crippen molar-refractivity contribution in [2.45, 2.75) is 12.8 Å². The molecule has 0 saturated heterocycles. The molecule has 2 aromatic carbocycles. The monoisotopic (exact) mass is 496 g/mol. The lowest BCUT2D eigenvalue weighted by Crippen LogP contribution is -2.11. The van der Waals surface area contributed by atoms with Crippen LogP contribution >= 0.6 is 58.0 Å². The topological polar surface area (TPSA) is 44.8 Å². The summed E-state index contributed by atoms with van der Waals surface area (Å²) >= 11 is 29.2. The molecule has 0 atom stereocenters. The Bertz CT molecular complexity index is 825. The average molecular weight is 499 g/mol. The Labute approximate surface area is 194 Å². The van der Waals surface area contributed by atoms with Crippen LogP contribution in [0.5, 0.6) is 11.5 Å². The van der Waals surface area contributed by atoms with Crippen molar-refractivity contribution in [2.75, 3.05) is 19.8 Å². The number of carbonyl (C=O) groups excluding carboxylic acids is 1. The Kier molecular flexibility index (Phi) is 10.3. The van der Waals surface area contributed by atoms with E-state index in [1.165, 1.54) is 6.08 Å². The van der Waals surface area contributed by atoms with Gasteiger partial charge in [-0.25, -0.2) is 0 Å². The van der Waals surface area contributed by atoms with Crippen LogP contribution in [0.3, 0.4) is 0 Å². The van der Waals surface area contributed by atoms with E-state index < -0.39 is 0 Å². The van der Waals surface area contributed by atoms with E-state index in [0.29, 0.717) is 33.0 Å². The Morgan fingerprint density at radius 2 is 1.59 bits per heavy atom. The summed E-state index contributed by atoms with van der Waals surface area (Å²) in [5, 5.41) is 1.22. The zero-order chi connectivity index (χ0) is 21.2. The van der Waals surface area contributed by atoms with Gasteiger partial charge in [0.2, 0.25) is 0 Å². The number of hydrogen-bond donors (Lipinski definition) is 0. The highest BCUT2D eigenvalue weighted by Gasteiger charge is 2.11. The highest BCUT2D eigenvalue weighted by Crippen LogP contribution is 2.37. The molecule has 2 rings (SSSR count). The van der Waals surface area contributed by atoms with Crippen LogP contribution in [0.25, 0.3) is 0 Å². The number of rotatable bonds is 10. The van der Waals surface area contributed by atoms with E-state index in [1.807, 2.05) is 0 Å². The first-order valence-electron chi connectivity index (χ1n) is 8.51. The Morgan fingerprint density at radius 1 is 0.931 bits per heavy atom. The van der Waals surface area contributed by atoms with E-state index >= 15 is 0 Å². The van der Waals surface area contributed by atoms with Crippen molar-refractivity contribution in [1.82, 2.24) is 0 Å². The van der Waals surface area contributed by atoms with Gasteiger partial charge in [-0.2, -0.15) is 0 Å². The van der Waals surface area contributed by atoms with Gasteiger partial charge >= 0.3 is 5.97 Å². The maximum absolute atomic E-state index is 11.8. The molecular formula is C20H17Cl5O4. The van der Waals surface area contributed by atoms with Crippen molar-refractivity contribution in [2.24, 2.45) is 0 Å². The molecule has 0 saturated carbocycles. The first-order chi connectivity index (χ1) is 13.8. The van der Waals surface area contributed by atoms with Gasteiger partial charge < -0.3 is 14.2 Å². The van der Waals surface area contributed by atoms with Crippen molar-refractivity contribution in [3.8, 4) is 11.5 Å². The number of ether oxygens (including phenoxy) is 3. The van der Waals surface area contributed by atoms with E-state index in [1.54, 1.807) is 36.4 Å². The number of benzene rings is 2. The molecule has 0 radical (unpaired) electrons. The number of hydrogen-bond acceptors (Lipinski definition) is 4. The van der Waals surface area contributed by atoms with Crippen LogP contribution in [-0.2, 0) is 16.0 Å². The van der Waals surface area contributed by atoms with Crippen LogP contribution in [0, 0.1) is 0 Å². The van der Waals surface area contributed by atoms with E-state index in [4.69, 9.17) is 72.2 Å². The van der Waals surface area contributed by atoms with Gasteiger partial charge in [0.15, 0.2) is 5.75 Å². The molecule has 0 unspecified atom stereocenters. The molecule has 0 aromatic heterocycles. The van der Waals surface area contributed by atoms with Crippen LogP contribution in [0.2, 0.25) is 15.1 Å². The molecule has 4 nitrogen and oxygen atoms in total. The molecule has 0 aliphatic carbocycles. The summed E-state index contributed by atoms with van der Waals surface area (Å²) in [7, 11) is 0. The van der Waals surface area contributed by atoms with Gasteiger partial charge in [-0.05, 0) is 23.8 Å². The first kappa shape index (κ1) is 24.0. The summed E-state index contributed by atoms with van der Waals surface area (Å²) in [5.41, 5.74) is 0.834. The number of esters is 1. The minimum absolute atomic E-state index is 0.107. The van der Waals surface area contributed by atoms with Gasteiger partial charge in [0.25, 0.3) is 0 Å². The molecule has 2 aromatic rings. The van der Waals surface area contributed by atoms with Gasteiger partial charge in [-0.1, -0.05) is 70.1 Å². The van der Waals surface area contributed by atoms with Crippen molar-refractivity contribution < 1.29 is 19.0 Å². The summed E-state index contributed by atoms with van der Waals surface area (Å²) in [6, 6.07) is 10.2. The molecule has 0 N–H and O–H groups in total. The van der Waals surface area contributed by atoms with Gasteiger partial charge in [0.05, 0.1) is 29.7 Å². The lowest BCUT2D eigenvalue weighted by Gasteiger charge is -2.12. The molecule has 0 heterocycles. The summed E-state index contributed by atoms with van der Waals surface area (Å²) in [5.74, 6) is 0.462. The summed E-state index contributed by atoms with van der Waals surface area (Å²) in [6.07, 6.45) is 2.15. The molecule has 29 heavy (non-hydrogen) atoms. The Morgan fingerprint density at radius 3 is 2.21 bits per heavy atom. The molecule has 0 aliphatic heterocycles. The van der Waals surface area contributed by atoms with E-state index in [9.17, 15) is 4.79 Å². The summed E-state index contributed by atoms with van der Waals surface area (Å²) in [4.78, 5) is 11.8. The third-order valence-electron chi connectivity index (χ3n) is 3.52. The largest absolute Gasteiger partial charge is 0.490 e. The molecule has 0 aliphatic rings. The minimum atomic E-state index is -0.323. The normalized spacial score (nSPS) is 10.4.